The van der Waals surface area contributed by atoms with Crippen LogP contribution >= 0.6 is 0 Å². The fourth-order valence-corrected chi connectivity index (χ4v) is 4.68. The normalized spacial score (nSPS) is 23.2. The van der Waals surface area contributed by atoms with Gasteiger partial charge in [-0.05, 0) is 37.1 Å². The van der Waals surface area contributed by atoms with Crippen molar-refractivity contribution in [1.82, 2.24) is 9.21 Å². The Morgan fingerprint density at radius 2 is 1.79 bits per heavy atom. The third-order valence-corrected chi connectivity index (χ3v) is 6.39. The van der Waals surface area contributed by atoms with E-state index in [1.807, 2.05) is 0 Å². The Morgan fingerprint density at radius 3 is 2.46 bits per heavy atom. The van der Waals surface area contributed by atoms with Crippen LogP contribution in [0.1, 0.15) is 12.8 Å². The first-order valence-corrected chi connectivity index (χ1v) is 9.55. The molecule has 3 rings (SSSR count). The standard InChI is InChI=1S/C16H21FN2O4S/c17-14-3-5-15(6-4-14)24(21,22)19-7-1-2-13(12-19)16(20)18-8-10-23-11-9-18/h3-6,13H,1-2,7-12H2. The summed E-state index contributed by atoms with van der Waals surface area (Å²) >= 11 is 0. The van der Waals surface area contributed by atoms with Gasteiger partial charge in [0.05, 0.1) is 24.0 Å². The van der Waals surface area contributed by atoms with Crippen LogP contribution in [0.4, 0.5) is 4.39 Å². The molecule has 24 heavy (non-hydrogen) atoms. The lowest BCUT2D eigenvalue weighted by atomic mass is 9.98. The Labute approximate surface area is 141 Å². The topological polar surface area (TPSA) is 66.9 Å². The van der Waals surface area contributed by atoms with Crippen molar-refractivity contribution in [3.8, 4) is 0 Å². The van der Waals surface area contributed by atoms with E-state index in [2.05, 4.69) is 0 Å². The summed E-state index contributed by atoms with van der Waals surface area (Å²) < 4.78 is 45.0. The Hall–Kier alpha value is -1.51. The van der Waals surface area contributed by atoms with E-state index in [1.165, 1.54) is 16.4 Å². The van der Waals surface area contributed by atoms with Crippen LogP contribution < -0.4 is 0 Å². The molecule has 0 bridgehead atoms. The minimum absolute atomic E-state index is 0.00249. The highest BCUT2D eigenvalue weighted by molar-refractivity contribution is 7.89. The molecule has 0 aliphatic carbocycles. The van der Waals surface area contributed by atoms with Crippen LogP contribution in [0.15, 0.2) is 29.2 Å². The smallest absolute Gasteiger partial charge is 0.243 e. The first-order valence-electron chi connectivity index (χ1n) is 8.11. The van der Waals surface area contributed by atoms with Gasteiger partial charge in [0.1, 0.15) is 5.82 Å². The van der Waals surface area contributed by atoms with Gasteiger partial charge >= 0.3 is 0 Å². The summed E-state index contributed by atoms with van der Waals surface area (Å²) in [6.45, 7) is 2.72. The fourth-order valence-electron chi connectivity index (χ4n) is 3.16. The summed E-state index contributed by atoms with van der Waals surface area (Å²) in [6.07, 6.45) is 1.33. The molecule has 0 N–H and O–H groups in total. The van der Waals surface area contributed by atoms with Crippen molar-refractivity contribution >= 4 is 15.9 Å². The molecule has 1 aromatic carbocycles. The highest BCUT2D eigenvalue weighted by atomic mass is 32.2. The van der Waals surface area contributed by atoms with Crippen molar-refractivity contribution in [3.63, 3.8) is 0 Å². The van der Waals surface area contributed by atoms with Crippen LogP contribution in [-0.2, 0) is 19.6 Å². The van der Waals surface area contributed by atoms with E-state index in [1.54, 1.807) is 4.90 Å². The van der Waals surface area contributed by atoms with E-state index in [0.717, 1.165) is 12.1 Å². The molecule has 0 saturated carbocycles. The van der Waals surface area contributed by atoms with Crippen LogP contribution in [0, 0.1) is 11.7 Å². The number of morpholine rings is 1. The van der Waals surface area contributed by atoms with Gasteiger partial charge < -0.3 is 9.64 Å². The summed E-state index contributed by atoms with van der Waals surface area (Å²) in [5.41, 5.74) is 0. The summed E-state index contributed by atoms with van der Waals surface area (Å²) in [7, 11) is -3.70. The average molecular weight is 356 g/mol. The van der Waals surface area contributed by atoms with E-state index in [9.17, 15) is 17.6 Å². The van der Waals surface area contributed by atoms with Crippen molar-refractivity contribution in [3.05, 3.63) is 30.1 Å². The van der Waals surface area contributed by atoms with Crippen molar-refractivity contribution in [1.29, 1.82) is 0 Å². The molecule has 2 heterocycles. The maximum atomic E-state index is 13.0. The number of hydrogen-bond acceptors (Lipinski definition) is 4. The molecule has 6 nitrogen and oxygen atoms in total. The number of hydrogen-bond donors (Lipinski definition) is 0. The first kappa shape index (κ1) is 17.3. The average Bonchev–Trinajstić information content (AvgIpc) is 2.62. The van der Waals surface area contributed by atoms with Gasteiger partial charge in [0, 0.05) is 26.2 Å². The molecule has 0 spiro atoms. The molecular formula is C16H21FN2O4S. The van der Waals surface area contributed by atoms with Gasteiger partial charge in [-0.15, -0.1) is 0 Å². The number of nitrogens with zero attached hydrogens (tertiary/aromatic N) is 2. The first-order chi connectivity index (χ1) is 11.5. The zero-order valence-electron chi connectivity index (χ0n) is 13.4. The Bertz CT molecular complexity index is 687. The molecule has 2 saturated heterocycles. The summed E-state index contributed by atoms with van der Waals surface area (Å²) in [5.74, 6) is -0.808. The fraction of sp³-hybridized carbons (Fsp3) is 0.562. The number of carbonyl (C=O) groups excluding carboxylic acids is 1. The zero-order valence-corrected chi connectivity index (χ0v) is 14.2. The number of ether oxygens (including phenoxy) is 1. The highest BCUT2D eigenvalue weighted by Gasteiger charge is 2.35. The molecule has 0 radical (unpaired) electrons. The number of carbonyl (C=O) groups is 1. The van der Waals surface area contributed by atoms with Gasteiger partial charge in [0.2, 0.25) is 15.9 Å². The molecule has 1 aromatic rings. The Morgan fingerprint density at radius 1 is 1.12 bits per heavy atom. The van der Waals surface area contributed by atoms with E-state index >= 15 is 0 Å². The second kappa shape index (κ2) is 7.16. The monoisotopic (exact) mass is 356 g/mol. The van der Waals surface area contributed by atoms with Crippen LogP contribution in [0.25, 0.3) is 0 Å². The Balaban J connectivity index is 1.72. The third-order valence-electron chi connectivity index (χ3n) is 4.51. The minimum Gasteiger partial charge on any atom is -0.378 e. The molecule has 132 valence electrons. The predicted octanol–water partition coefficient (Wildman–Crippen LogP) is 1.09. The van der Waals surface area contributed by atoms with E-state index < -0.39 is 15.8 Å². The van der Waals surface area contributed by atoms with Crippen molar-refractivity contribution in [2.24, 2.45) is 5.92 Å². The summed E-state index contributed by atoms with van der Waals surface area (Å²) in [4.78, 5) is 14.4. The second-order valence-electron chi connectivity index (χ2n) is 6.09. The molecular weight excluding hydrogens is 335 g/mol. The van der Waals surface area contributed by atoms with Gasteiger partial charge in [-0.2, -0.15) is 4.31 Å². The molecule has 1 amide bonds. The number of halogens is 1. The molecule has 2 aliphatic heterocycles. The van der Waals surface area contributed by atoms with Gasteiger partial charge in [0.25, 0.3) is 0 Å². The SMILES string of the molecule is O=C(C1CCCN(S(=O)(=O)c2ccc(F)cc2)C1)N1CCOCC1. The quantitative estimate of drug-likeness (QED) is 0.813. The van der Waals surface area contributed by atoms with Crippen molar-refractivity contribution < 1.29 is 22.3 Å². The minimum atomic E-state index is -3.70. The molecule has 2 fully saturated rings. The molecule has 2 aliphatic rings. The van der Waals surface area contributed by atoms with Crippen LogP contribution in [0.5, 0.6) is 0 Å². The highest BCUT2D eigenvalue weighted by Crippen LogP contribution is 2.25. The van der Waals surface area contributed by atoms with Gasteiger partial charge in [0.15, 0.2) is 0 Å². The lowest BCUT2D eigenvalue weighted by Gasteiger charge is -2.35. The third kappa shape index (κ3) is 3.60. The number of sulfonamides is 1. The van der Waals surface area contributed by atoms with Crippen LogP contribution in [-0.4, -0.2) is 62.9 Å². The number of rotatable bonds is 3. The zero-order chi connectivity index (χ0) is 17.2. The van der Waals surface area contributed by atoms with Crippen molar-refractivity contribution in [2.45, 2.75) is 17.7 Å². The lowest BCUT2D eigenvalue weighted by molar-refractivity contribution is -0.140. The predicted molar refractivity (Wildman–Crippen MR) is 85.3 cm³/mol. The van der Waals surface area contributed by atoms with Crippen molar-refractivity contribution in [2.75, 3.05) is 39.4 Å². The van der Waals surface area contributed by atoms with Crippen LogP contribution in [0.3, 0.4) is 0 Å². The second-order valence-corrected chi connectivity index (χ2v) is 8.03. The largest absolute Gasteiger partial charge is 0.378 e. The molecule has 0 aromatic heterocycles. The molecule has 1 unspecified atom stereocenters. The number of piperidine rings is 1. The van der Waals surface area contributed by atoms with Gasteiger partial charge in [-0.25, -0.2) is 12.8 Å². The van der Waals surface area contributed by atoms with E-state index in [0.29, 0.717) is 45.7 Å². The summed E-state index contributed by atoms with van der Waals surface area (Å²) in [5, 5.41) is 0. The number of benzene rings is 1. The lowest BCUT2D eigenvalue weighted by Crippen LogP contribution is -2.49. The molecule has 8 heteroatoms. The van der Waals surface area contributed by atoms with Gasteiger partial charge in [-0.3, -0.25) is 4.79 Å². The van der Waals surface area contributed by atoms with E-state index in [-0.39, 0.29) is 23.3 Å². The number of amides is 1. The maximum Gasteiger partial charge on any atom is 0.243 e. The van der Waals surface area contributed by atoms with Gasteiger partial charge in [-0.1, -0.05) is 0 Å². The summed E-state index contributed by atoms with van der Waals surface area (Å²) in [6, 6.07) is 4.79. The molecule has 1 atom stereocenters. The Kier molecular flexibility index (Phi) is 5.17. The maximum absolute atomic E-state index is 13.0. The van der Waals surface area contributed by atoms with E-state index in [4.69, 9.17) is 4.74 Å². The van der Waals surface area contributed by atoms with Crippen LogP contribution in [0.2, 0.25) is 0 Å².